The number of nitrogens with zero attached hydrogens (tertiary/aromatic N) is 4. The summed E-state index contributed by atoms with van der Waals surface area (Å²) in [4.78, 5) is 27.7. The Morgan fingerprint density at radius 3 is 2.69 bits per heavy atom. The number of nitro benzene ring substituents is 1. The molecule has 0 bridgehead atoms. The maximum absolute atomic E-state index is 12.7. The first-order valence-corrected chi connectivity index (χ1v) is 7.97. The second-order valence-corrected chi connectivity index (χ2v) is 6.00. The van der Waals surface area contributed by atoms with Crippen LogP contribution in [0.2, 0.25) is 0 Å². The second-order valence-electron chi connectivity index (χ2n) is 6.00. The molecule has 2 heterocycles. The van der Waals surface area contributed by atoms with Crippen molar-refractivity contribution in [3.63, 3.8) is 0 Å². The molecule has 0 unspecified atom stereocenters. The van der Waals surface area contributed by atoms with Crippen LogP contribution < -0.4 is 5.56 Å². The largest absolute Gasteiger partial charge is 0.292 e. The van der Waals surface area contributed by atoms with Crippen LogP contribution in [0.3, 0.4) is 0 Å². The van der Waals surface area contributed by atoms with Gasteiger partial charge in [-0.3, -0.25) is 19.5 Å². The zero-order valence-electron chi connectivity index (χ0n) is 13.5. The molecule has 26 heavy (non-hydrogen) atoms. The molecule has 7 nitrogen and oxygen atoms in total. The lowest BCUT2D eigenvalue weighted by Gasteiger charge is -2.05. The molecule has 2 aromatic carbocycles. The van der Waals surface area contributed by atoms with Crippen LogP contribution in [-0.2, 0) is 6.54 Å². The minimum absolute atomic E-state index is 0.122. The lowest BCUT2D eigenvalue weighted by Crippen LogP contribution is -2.20. The standard InChI is InChI=1S/C19H12N4O3/c20-11-13-3-1-12(2-4-13)9-14-7-8-22-18(14)21-17-6-5-15(23(25)26)10-16(17)19(22)24/h1-6,9-10H,7-8H2. The van der Waals surface area contributed by atoms with Crippen molar-refractivity contribution in [2.75, 3.05) is 0 Å². The van der Waals surface area contributed by atoms with Crippen LogP contribution in [0.15, 0.2) is 47.3 Å². The van der Waals surface area contributed by atoms with E-state index in [0.29, 0.717) is 29.9 Å². The molecular weight excluding hydrogens is 332 g/mol. The zero-order chi connectivity index (χ0) is 18.3. The first-order chi connectivity index (χ1) is 12.6. The van der Waals surface area contributed by atoms with Gasteiger partial charge in [0.1, 0.15) is 5.82 Å². The summed E-state index contributed by atoms with van der Waals surface area (Å²) in [7, 11) is 0. The SMILES string of the molecule is N#Cc1ccc(C=C2CCn3c2nc2ccc([N+](=O)[O-])cc2c3=O)cc1. The molecule has 0 spiro atoms. The highest BCUT2D eigenvalue weighted by Gasteiger charge is 2.22. The molecule has 126 valence electrons. The van der Waals surface area contributed by atoms with Crippen LogP contribution in [0.4, 0.5) is 5.69 Å². The summed E-state index contributed by atoms with van der Waals surface area (Å²) in [6, 6.07) is 13.4. The predicted molar refractivity (Wildman–Crippen MR) is 96.3 cm³/mol. The second kappa shape index (κ2) is 5.93. The normalized spacial score (nSPS) is 14.3. The number of non-ortho nitro benzene ring substituents is 1. The number of benzene rings is 2. The fourth-order valence-corrected chi connectivity index (χ4v) is 3.11. The van der Waals surface area contributed by atoms with E-state index in [-0.39, 0.29) is 16.6 Å². The Balaban J connectivity index is 1.84. The van der Waals surface area contributed by atoms with E-state index >= 15 is 0 Å². The Morgan fingerprint density at radius 2 is 2.00 bits per heavy atom. The molecule has 4 rings (SSSR count). The van der Waals surface area contributed by atoms with Crippen LogP contribution in [0.25, 0.3) is 22.6 Å². The number of nitriles is 1. The highest BCUT2D eigenvalue weighted by atomic mass is 16.6. The molecule has 1 aromatic heterocycles. The van der Waals surface area contributed by atoms with E-state index in [0.717, 1.165) is 11.1 Å². The Bertz CT molecular complexity index is 1180. The quantitative estimate of drug-likeness (QED) is 0.525. The van der Waals surface area contributed by atoms with Crippen molar-refractivity contribution >= 4 is 28.2 Å². The zero-order valence-corrected chi connectivity index (χ0v) is 13.5. The van der Waals surface area contributed by atoms with E-state index in [1.807, 2.05) is 18.2 Å². The molecule has 1 aliphatic heterocycles. The molecule has 0 fully saturated rings. The maximum atomic E-state index is 12.7. The summed E-state index contributed by atoms with van der Waals surface area (Å²) in [6.07, 6.45) is 2.60. The summed E-state index contributed by atoms with van der Waals surface area (Å²) in [5.41, 5.74) is 2.48. The van der Waals surface area contributed by atoms with Crippen molar-refractivity contribution in [3.05, 3.63) is 79.9 Å². The topological polar surface area (TPSA) is 102 Å². The van der Waals surface area contributed by atoms with Gasteiger partial charge in [-0.2, -0.15) is 5.26 Å². The molecule has 0 N–H and O–H groups in total. The van der Waals surface area contributed by atoms with E-state index in [2.05, 4.69) is 11.1 Å². The van der Waals surface area contributed by atoms with Crippen LogP contribution in [0.5, 0.6) is 0 Å². The number of hydrogen-bond donors (Lipinski definition) is 0. The van der Waals surface area contributed by atoms with E-state index in [1.165, 1.54) is 18.2 Å². The smallest absolute Gasteiger partial charge is 0.270 e. The highest BCUT2D eigenvalue weighted by Crippen LogP contribution is 2.28. The van der Waals surface area contributed by atoms with Gasteiger partial charge in [-0.25, -0.2) is 4.98 Å². The summed E-state index contributed by atoms with van der Waals surface area (Å²) >= 11 is 0. The Morgan fingerprint density at radius 1 is 1.23 bits per heavy atom. The van der Waals surface area contributed by atoms with Crippen LogP contribution in [-0.4, -0.2) is 14.5 Å². The van der Waals surface area contributed by atoms with E-state index in [4.69, 9.17) is 5.26 Å². The number of aromatic nitrogens is 2. The first-order valence-electron chi connectivity index (χ1n) is 7.97. The number of nitro groups is 1. The minimum Gasteiger partial charge on any atom is -0.292 e. The lowest BCUT2D eigenvalue weighted by molar-refractivity contribution is -0.384. The van der Waals surface area contributed by atoms with Crippen molar-refractivity contribution in [2.24, 2.45) is 0 Å². The Hall–Kier alpha value is -3.79. The van der Waals surface area contributed by atoms with Crippen molar-refractivity contribution in [1.82, 2.24) is 9.55 Å². The summed E-state index contributed by atoms with van der Waals surface area (Å²) < 4.78 is 1.56. The fourth-order valence-electron chi connectivity index (χ4n) is 3.11. The number of fused-ring (bicyclic) bond motifs is 2. The fraction of sp³-hybridized carbons (Fsp3) is 0.105. The molecule has 3 aromatic rings. The summed E-state index contributed by atoms with van der Waals surface area (Å²) in [5, 5.41) is 20.1. The molecule has 0 aliphatic carbocycles. The van der Waals surface area contributed by atoms with Gasteiger partial charge in [0.2, 0.25) is 0 Å². The van der Waals surface area contributed by atoms with Gasteiger partial charge in [0.05, 0.1) is 27.5 Å². The van der Waals surface area contributed by atoms with Crippen LogP contribution in [0, 0.1) is 21.4 Å². The number of allylic oxidation sites excluding steroid dienone is 1. The number of hydrogen-bond acceptors (Lipinski definition) is 5. The molecule has 1 aliphatic rings. The highest BCUT2D eigenvalue weighted by molar-refractivity contribution is 5.85. The molecule has 0 amide bonds. The van der Waals surface area contributed by atoms with Gasteiger partial charge >= 0.3 is 0 Å². The van der Waals surface area contributed by atoms with Crippen molar-refractivity contribution in [1.29, 1.82) is 5.26 Å². The molecular formula is C19H12N4O3. The van der Waals surface area contributed by atoms with Gasteiger partial charge < -0.3 is 0 Å². The van der Waals surface area contributed by atoms with Gasteiger partial charge in [-0.05, 0) is 41.8 Å². The maximum Gasteiger partial charge on any atom is 0.270 e. The van der Waals surface area contributed by atoms with Gasteiger partial charge in [0.25, 0.3) is 11.2 Å². The van der Waals surface area contributed by atoms with Crippen molar-refractivity contribution in [2.45, 2.75) is 13.0 Å². The van der Waals surface area contributed by atoms with Crippen LogP contribution in [0.1, 0.15) is 23.4 Å². The van der Waals surface area contributed by atoms with Gasteiger partial charge in [-0.15, -0.1) is 0 Å². The third kappa shape index (κ3) is 2.54. The van der Waals surface area contributed by atoms with Gasteiger partial charge in [-0.1, -0.05) is 12.1 Å². The van der Waals surface area contributed by atoms with E-state index < -0.39 is 4.92 Å². The van der Waals surface area contributed by atoms with Crippen LogP contribution >= 0.6 is 0 Å². The third-order valence-corrected chi connectivity index (χ3v) is 4.42. The number of rotatable bonds is 2. The van der Waals surface area contributed by atoms with Gasteiger partial charge in [0, 0.05) is 18.7 Å². The molecule has 0 atom stereocenters. The predicted octanol–water partition coefficient (Wildman–Crippen LogP) is 3.12. The molecule has 7 heteroatoms. The lowest BCUT2D eigenvalue weighted by atomic mass is 10.1. The van der Waals surface area contributed by atoms with E-state index in [9.17, 15) is 14.9 Å². The molecule has 0 saturated carbocycles. The average molecular weight is 344 g/mol. The van der Waals surface area contributed by atoms with E-state index in [1.54, 1.807) is 16.7 Å². The minimum atomic E-state index is -0.521. The summed E-state index contributed by atoms with van der Waals surface area (Å²) in [5.74, 6) is 0.584. The third-order valence-electron chi connectivity index (χ3n) is 4.42. The molecule has 0 saturated heterocycles. The Kier molecular flexibility index (Phi) is 3.59. The van der Waals surface area contributed by atoms with Crippen molar-refractivity contribution < 1.29 is 4.92 Å². The molecule has 0 radical (unpaired) electrons. The van der Waals surface area contributed by atoms with Crippen molar-refractivity contribution in [3.8, 4) is 6.07 Å². The summed E-state index contributed by atoms with van der Waals surface area (Å²) in [6.45, 7) is 0.488. The Labute approximate surface area is 147 Å². The van der Waals surface area contributed by atoms with Gasteiger partial charge in [0.15, 0.2) is 0 Å². The monoisotopic (exact) mass is 344 g/mol. The first kappa shape index (κ1) is 15.7. The average Bonchev–Trinajstić information content (AvgIpc) is 3.05.